The van der Waals surface area contributed by atoms with Gasteiger partial charge in [-0.15, -0.1) is 0 Å². The van der Waals surface area contributed by atoms with Gasteiger partial charge in [-0.1, -0.05) is 23.7 Å². The number of nitrogens with one attached hydrogen (secondary N) is 1. The molecule has 90 valence electrons. The van der Waals surface area contributed by atoms with Crippen molar-refractivity contribution in [2.24, 2.45) is 0 Å². The zero-order chi connectivity index (χ0) is 12.2. The Morgan fingerprint density at radius 1 is 1.44 bits per heavy atom. The van der Waals surface area contributed by atoms with Gasteiger partial charge in [0.25, 0.3) is 0 Å². The first kappa shape index (κ1) is 13.3. The molecule has 0 aliphatic rings. The molecule has 0 spiro atoms. The van der Waals surface area contributed by atoms with E-state index in [0.29, 0.717) is 17.3 Å². The Labute approximate surface area is 101 Å². The highest BCUT2D eigenvalue weighted by Gasteiger charge is 2.16. The third kappa shape index (κ3) is 4.00. The van der Waals surface area contributed by atoms with Gasteiger partial charge in [-0.05, 0) is 27.0 Å². The first-order valence-electron chi connectivity index (χ1n) is 5.21. The Balaban J connectivity index is 2.84. The van der Waals surface area contributed by atoms with Gasteiger partial charge in [0.2, 0.25) is 0 Å². The average molecular weight is 244 g/mol. The van der Waals surface area contributed by atoms with Crippen molar-refractivity contribution in [2.75, 3.05) is 13.7 Å². The van der Waals surface area contributed by atoms with E-state index in [2.05, 4.69) is 5.32 Å². The third-order valence-corrected chi connectivity index (χ3v) is 2.28. The number of benzene rings is 1. The molecule has 0 amide bonds. The molecule has 0 saturated heterocycles. The number of aliphatic hydroxyl groups is 1. The highest BCUT2D eigenvalue weighted by atomic mass is 35.5. The molecule has 0 aliphatic heterocycles. The summed E-state index contributed by atoms with van der Waals surface area (Å²) in [6.07, 6.45) is 0. The van der Waals surface area contributed by atoms with E-state index in [0.717, 1.165) is 5.56 Å². The van der Waals surface area contributed by atoms with E-state index >= 15 is 0 Å². The van der Waals surface area contributed by atoms with Crippen molar-refractivity contribution in [1.29, 1.82) is 0 Å². The van der Waals surface area contributed by atoms with Crippen molar-refractivity contribution in [3.8, 4) is 5.75 Å². The van der Waals surface area contributed by atoms with Gasteiger partial charge >= 0.3 is 0 Å². The maximum absolute atomic E-state index is 9.61. The normalized spacial score (nSPS) is 11.6. The van der Waals surface area contributed by atoms with Crippen LogP contribution in [0.5, 0.6) is 5.75 Å². The maximum atomic E-state index is 9.61. The minimum atomic E-state index is -0.865. The van der Waals surface area contributed by atoms with Crippen molar-refractivity contribution in [3.63, 3.8) is 0 Å². The summed E-state index contributed by atoms with van der Waals surface area (Å²) in [6, 6.07) is 5.61. The van der Waals surface area contributed by atoms with E-state index in [1.54, 1.807) is 19.9 Å². The second-order valence-corrected chi connectivity index (χ2v) is 4.77. The van der Waals surface area contributed by atoms with Gasteiger partial charge < -0.3 is 15.2 Å². The molecule has 0 bridgehead atoms. The van der Waals surface area contributed by atoms with Crippen LogP contribution in [0.2, 0.25) is 5.02 Å². The lowest BCUT2D eigenvalue weighted by Crippen LogP contribution is -2.28. The van der Waals surface area contributed by atoms with Crippen LogP contribution in [0.3, 0.4) is 0 Å². The van der Waals surface area contributed by atoms with Gasteiger partial charge in [0.05, 0.1) is 10.6 Å². The number of rotatable bonds is 5. The lowest BCUT2D eigenvalue weighted by molar-refractivity contribution is 0.0282. The topological polar surface area (TPSA) is 41.5 Å². The minimum Gasteiger partial charge on any atom is -0.489 e. The first-order valence-corrected chi connectivity index (χ1v) is 5.59. The molecule has 1 aromatic carbocycles. The van der Waals surface area contributed by atoms with Crippen LogP contribution in [0.1, 0.15) is 19.4 Å². The molecule has 0 heterocycles. The Morgan fingerprint density at radius 2 is 2.12 bits per heavy atom. The molecule has 16 heavy (non-hydrogen) atoms. The Bertz CT molecular complexity index is 347. The maximum Gasteiger partial charge on any atom is 0.142 e. The number of hydrogen-bond acceptors (Lipinski definition) is 3. The highest BCUT2D eigenvalue weighted by Crippen LogP contribution is 2.29. The Morgan fingerprint density at radius 3 is 2.69 bits per heavy atom. The summed E-state index contributed by atoms with van der Waals surface area (Å²) in [5.74, 6) is 0.639. The van der Waals surface area contributed by atoms with Crippen LogP contribution in [0, 0.1) is 0 Å². The molecule has 1 aromatic rings. The lowest BCUT2D eigenvalue weighted by atomic mass is 10.1. The molecule has 0 unspecified atom stereocenters. The van der Waals surface area contributed by atoms with Crippen LogP contribution in [0.15, 0.2) is 18.2 Å². The molecule has 4 heteroatoms. The van der Waals surface area contributed by atoms with Gasteiger partial charge in [0.1, 0.15) is 12.4 Å². The van der Waals surface area contributed by atoms with Crippen LogP contribution >= 0.6 is 11.6 Å². The summed E-state index contributed by atoms with van der Waals surface area (Å²) in [6.45, 7) is 4.29. The molecule has 0 aromatic heterocycles. The smallest absolute Gasteiger partial charge is 0.142 e. The fraction of sp³-hybridized carbons (Fsp3) is 0.500. The summed E-state index contributed by atoms with van der Waals surface area (Å²) < 4.78 is 5.56. The molecular formula is C12H18ClNO2. The van der Waals surface area contributed by atoms with E-state index in [1.807, 2.05) is 19.2 Å². The molecule has 0 fully saturated rings. The van der Waals surface area contributed by atoms with Crippen LogP contribution in [0.4, 0.5) is 0 Å². The van der Waals surface area contributed by atoms with Crippen LogP contribution in [-0.4, -0.2) is 24.4 Å². The molecule has 0 atom stereocenters. The SMILES string of the molecule is CNCc1cccc(Cl)c1OCC(C)(C)O. The number of hydrogen-bond donors (Lipinski definition) is 2. The van der Waals surface area contributed by atoms with Crippen LogP contribution in [-0.2, 0) is 6.54 Å². The van der Waals surface area contributed by atoms with E-state index in [4.69, 9.17) is 16.3 Å². The second kappa shape index (κ2) is 5.53. The van der Waals surface area contributed by atoms with Crippen molar-refractivity contribution in [2.45, 2.75) is 26.0 Å². The second-order valence-electron chi connectivity index (χ2n) is 4.36. The molecular weight excluding hydrogens is 226 g/mol. The predicted molar refractivity (Wildman–Crippen MR) is 66.0 cm³/mol. The summed E-state index contributed by atoms with van der Waals surface area (Å²) in [5.41, 5.74) is 0.120. The predicted octanol–water partition coefficient (Wildman–Crippen LogP) is 2.21. The third-order valence-electron chi connectivity index (χ3n) is 1.99. The summed E-state index contributed by atoms with van der Waals surface area (Å²) >= 11 is 6.06. The van der Waals surface area contributed by atoms with Gasteiger partial charge in [-0.2, -0.15) is 0 Å². The molecule has 0 aliphatic carbocycles. The molecule has 3 nitrogen and oxygen atoms in total. The van der Waals surface area contributed by atoms with Crippen molar-refractivity contribution in [1.82, 2.24) is 5.32 Å². The first-order chi connectivity index (χ1) is 7.44. The lowest BCUT2D eigenvalue weighted by Gasteiger charge is -2.20. The summed E-state index contributed by atoms with van der Waals surface area (Å²) in [4.78, 5) is 0. The van der Waals surface area contributed by atoms with Crippen molar-refractivity contribution >= 4 is 11.6 Å². The zero-order valence-corrected chi connectivity index (χ0v) is 10.6. The van der Waals surface area contributed by atoms with Gasteiger partial charge in [-0.3, -0.25) is 0 Å². The summed E-state index contributed by atoms with van der Waals surface area (Å²) in [7, 11) is 1.86. The highest BCUT2D eigenvalue weighted by molar-refractivity contribution is 6.32. The number of para-hydroxylation sites is 1. The van der Waals surface area contributed by atoms with Crippen LogP contribution in [0.25, 0.3) is 0 Å². The van der Waals surface area contributed by atoms with Gasteiger partial charge in [-0.25, -0.2) is 0 Å². The van der Waals surface area contributed by atoms with Crippen molar-refractivity contribution in [3.05, 3.63) is 28.8 Å². The fourth-order valence-corrected chi connectivity index (χ4v) is 1.54. The molecule has 2 N–H and O–H groups in total. The number of halogens is 1. The van der Waals surface area contributed by atoms with Gasteiger partial charge in [0.15, 0.2) is 0 Å². The Kier molecular flexibility index (Phi) is 4.59. The van der Waals surface area contributed by atoms with E-state index < -0.39 is 5.60 Å². The largest absolute Gasteiger partial charge is 0.489 e. The fourth-order valence-electron chi connectivity index (χ4n) is 1.29. The summed E-state index contributed by atoms with van der Waals surface area (Å²) in [5, 5.41) is 13.2. The molecule has 0 saturated carbocycles. The minimum absolute atomic E-state index is 0.216. The quantitative estimate of drug-likeness (QED) is 0.833. The zero-order valence-electron chi connectivity index (χ0n) is 9.88. The average Bonchev–Trinajstić information content (AvgIpc) is 2.15. The standard InChI is InChI=1S/C12H18ClNO2/c1-12(2,15)8-16-11-9(7-14-3)5-4-6-10(11)13/h4-6,14-15H,7-8H2,1-3H3. The molecule has 0 radical (unpaired) electrons. The van der Waals surface area contributed by atoms with E-state index in [1.165, 1.54) is 0 Å². The molecule has 1 rings (SSSR count). The van der Waals surface area contributed by atoms with E-state index in [-0.39, 0.29) is 6.61 Å². The monoisotopic (exact) mass is 243 g/mol. The number of ether oxygens (including phenoxy) is 1. The Hall–Kier alpha value is -0.770. The van der Waals surface area contributed by atoms with Crippen molar-refractivity contribution < 1.29 is 9.84 Å². The van der Waals surface area contributed by atoms with E-state index in [9.17, 15) is 5.11 Å². The van der Waals surface area contributed by atoms with Crippen LogP contribution < -0.4 is 10.1 Å². The van der Waals surface area contributed by atoms with Gasteiger partial charge in [0, 0.05) is 12.1 Å².